The van der Waals surface area contributed by atoms with Crippen LogP contribution in [0.4, 0.5) is 0 Å². The maximum Gasteiger partial charge on any atom is 0.0614 e. The van der Waals surface area contributed by atoms with Crippen molar-refractivity contribution in [3.05, 3.63) is 0 Å². The molecule has 116 valence electrons. The van der Waals surface area contributed by atoms with Crippen molar-refractivity contribution in [2.45, 2.75) is 94.3 Å². The lowest BCUT2D eigenvalue weighted by Gasteiger charge is -2.35. The van der Waals surface area contributed by atoms with Crippen molar-refractivity contribution in [3.8, 4) is 0 Å². The van der Waals surface area contributed by atoms with Gasteiger partial charge in [0.25, 0.3) is 0 Å². The summed E-state index contributed by atoms with van der Waals surface area (Å²) in [5.74, 6) is 0. The molecule has 0 aromatic heterocycles. The van der Waals surface area contributed by atoms with Crippen LogP contribution >= 0.6 is 0 Å². The van der Waals surface area contributed by atoms with E-state index in [1.54, 1.807) is 0 Å². The van der Waals surface area contributed by atoms with Crippen molar-refractivity contribution in [1.29, 1.82) is 0 Å². The molecule has 3 fully saturated rings. The van der Waals surface area contributed by atoms with Crippen LogP contribution < -0.4 is 5.32 Å². The Morgan fingerprint density at radius 2 is 1.70 bits per heavy atom. The third-order valence-corrected chi connectivity index (χ3v) is 5.95. The van der Waals surface area contributed by atoms with E-state index in [1.807, 2.05) is 0 Å². The molecule has 3 aliphatic rings. The summed E-state index contributed by atoms with van der Waals surface area (Å²) in [7, 11) is 2.34. The maximum atomic E-state index is 9.87. The summed E-state index contributed by atoms with van der Waals surface area (Å²) in [6.45, 7) is 0.318. The highest BCUT2D eigenvalue weighted by Crippen LogP contribution is 2.37. The molecule has 0 radical (unpaired) electrons. The minimum atomic E-state index is 0.0326. The zero-order valence-corrected chi connectivity index (χ0v) is 13.1. The Balaban J connectivity index is 1.56. The topological polar surface area (TPSA) is 35.5 Å². The van der Waals surface area contributed by atoms with Gasteiger partial charge in [0.1, 0.15) is 0 Å². The lowest BCUT2D eigenvalue weighted by atomic mass is 9.97. The number of aliphatic hydroxyl groups is 1. The minimum absolute atomic E-state index is 0.0326. The summed E-state index contributed by atoms with van der Waals surface area (Å²) in [6, 6.07) is 2.17. The first-order valence-electron chi connectivity index (χ1n) is 8.83. The van der Waals surface area contributed by atoms with Gasteiger partial charge >= 0.3 is 0 Å². The van der Waals surface area contributed by atoms with Gasteiger partial charge in [-0.3, -0.25) is 0 Å². The molecule has 0 aromatic rings. The quantitative estimate of drug-likeness (QED) is 0.760. The molecule has 3 rings (SSSR count). The van der Waals surface area contributed by atoms with E-state index in [0.717, 1.165) is 18.9 Å². The third kappa shape index (κ3) is 3.37. The number of nitrogens with zero attached hydrogens (tertiary/aromatic N) is 1. The predicted octanol–water partition coefficient (Wildman–Crippen LogP) is 2.68. The van der Waals surface area contributed by atoms with Gasteiger partial charge in [-0.2, -0.15) is 0 Å². The van der Waals surface area contributed by atoms with Crippen molar-refractivity contribution in [1.82, 2.24) is 10.2 Å². The van der Waals surface area contributed by atoms with Crippen molar-refractivity contribution in [2.75, 3.05) is 13.7 Å². The first kappa shape index (κ1) is 14.8. The van der Waals surface area contributed by atoms with E-state index in [4.69, 9.17) is 0 Å². The van der Waals surface area contributed by atoms with Crippen LogP contribution in [0.2, 0.25) is 0 Å². The van der Waals surface area contributed by atoms with Crippen LogP contribution in [0.1, 0.15) is 70.6 Å². The highest BCUT2D eigenvalue weighted by atomic mass is 16.3. The predicted molar refractivity (Wildman–Crippen MR) is 82.9 cm³/mol. The molecule has 0 aromatic carbocycles. The van der Waals surface area contributed by atoms with Gasteiger partial charge in [0.15, 0.2) is 0 Å². The highest BCUT2D eigenvalue weighted by Gasteiger charge is 2.43. The largest absolute Gasteiger partial charge is 0.394 e. The molecular formula is C17H32N2O. The first-order valence-corrected chi connectivity index (χ1v) is 8.83. The minimum Gasteiger partial charge on any atom is -0.394 e. The molecular weight excluding hydrogens is 248 g/mol. The second kappa shape index (κ2) is 6.33. The molecule has 2 N–H and O–H groups in total. The van der Waals surface area contributed by atoms with E-state index in [9.17, 15) is 5.11 Å². The Bertz CT molecular complexity index is 310. The van der Waals surface area contributed by atoms with E-state index in [1.165, 1.54) is 57.8 Å². The van der Waals surface area contributed by atoms with Crippen LogP contribution in [0.25, 0.3) is 0 Å². The zero-order chi connectivity index (χ0) is 14.0. The number of hydrogen-bond acceptors (Lipinski definition) is 3. The summed E-state index contributed by atoms with van der Waals surface area (Å²) in [5, 5.41) is 13.6. The van der Waals surface area contributed by atoms with Crippen LogP contribution in [0.15, 0.2) is 0 Å². The smallest absolute Gasteiger partial charge is 0.0614 e. The van der Waals surface area contributed by atoms with Crippen LogP contribution in [0, 0.1) is 0 Å². The van der Waals surface area contributed by atoms with Crippen LogP contribution in [0.3, 0.4) is 0 Å². The highest BCUT2D eigenvalue weighted by molar-refractivity contribution is 5.03. The molecule has 0 spiro atoms. The molecule has 2 unspecified atom stereocenters. The van der Waals surface area contributed by atoms with Gasteiger partial charge in [0.2, 0.25) is 0 Å². The lowest BCUT2D eigenvalue weighted by molar-refractivity contribution is 0.127. The van der Waals surface area contributed by atoms with Crippen LogP contribution in [-0.4, -0.2) is 47.3 Å². The van der Waals surface area contributed by atoms with E-state index < -0.39 is 0 Å². The first-order chi connectivity index (χ1) is 9.72. The molecule has 3 heteroatoms. The average molecular weight is 280 g/mol. The van der Waals surface area contributed by atoms with E-state index in [0.29, 0.717) is 18.7 Å². The molecule has 3 nitrogen and oxygen atoms in total. The Labute approximate surface area is 124 Å². The number of aliphatic hydroxyl groups excluding tert-OH is 1. The van der Waals surface area contributed by atoms with Gasteiger partial charge < -0.3 is 15.3 Å². The lowest BCUT2D eigenvalue weighted by Crippen LogP contribution is -2.49. The van der Waals surface area contributed by atoms with E-state index >= 15 is 0 Å². The molecule has 0 bridgehead atoms. The Morgan fingerprint density at radius 1 is 1.00 bits per heavy atom. The van der Waals surface area contributed by atoms with Crippen molar-refractivity contribution < 1.29 is 5.11 Å². The van der Waals surface area contributed by atoms with Crippen molar-refractivity contribution in [3.63, 3.8) is 0 Å². The van der Waals surface area contributed by atoms with Gasteiger partial charge in [-0.05, 0) is 52.0 Å². The summed E-state index contributed by atoms with van der Waals surface area (Å²) < 4.78 is 0. The maximum absolute atomic E-state index is 9.87. The zero-order valence-electron chi connectivity index (χ0n) is 13.1. The van der Waals surface area contributed by atoms with E-state index in [2.05, 4.69) is 17.3 Å². The molecule has 0 heterocycles. The van der Waals surface area contributed by atoms with Crippen molar-refractivity contribution >= 4 is 0 Å². The van der Waals surface area contributed by atoms with Gasteiger partial charge in [0, 0.05) is 23.7 Å². The fourth-order valence-electron chi connectivity index (χ4n) is 4.39. The second-order valence-electron chi connectivity index (χ2n) is 7.56. The fraction of sp³-hybridized carbons (Fsp3) is 1.00. The SMILES string of the molecule is CN(C1CCCCCC1)C1CCC(CO)(NC2CC2)C1. The summed E-state index contributed by atoms with van der Waals surface area (Å²) in [6.07, 6.45) is 14.6. The second-order valence-corrected chi connectivity index (χ2v) is 7.56. The van der Waals surface area contributed by atoms with E-state index in [-0.39, 0.29) is 5.54 Å². The molecule has 20 heavy (non-hydrogen) atoms. The number of rotatable bonds is 5. The summed E-state index contributed by atoms with van der Waals surface area (Å²) in [4.78, 5) is 2.66. The van der Waals surface area contributed by atoms with Gasteiger partial charge in [-0.15, -0.1) is 0 Å². The van der Waals surface area contributed by atoms with Gasteiger partial charge in [-0.25, -0.2) is 0 Å². The summed E-state index contributed by atoms with van der Waals surface area (Å²) in [5.41, 5.74) is 0.0326. The standard InChI is InChI=1S/C17H32N2O/c1-19(15-6-4-2-3-5-7-15)16-10-11-17(12-16,13-20)18-14-8-9-14/h14-16,18,20H,2-13H2,1H3. The molecule has 3 saturated carbocycles. The molecule has 0 saturated heterocycles. The van der Waals surface area contributed by atoms with Crippen molar-refractivity contribution in [2.24, 2.45) is 0 Å². The number of nitrogens with one attached hydrogen (secondary N) is 1. The van der Waals surface area contributed by atoms with Gasteiger partial charge in [0.05, 0.1) is 6.61 Å². The number of hydrogen-bond donors (Lipinski definition) is 2. The normalized spacial score (nSPS) is 36.5. The Morgan fingerprint density at radius 3 is 2.30 bits per heavy atom. The Kier molecular flexibility index (Phi) is 4.68. The molecule has 0 amide bonds. The molecule has 0 aliphatic heterocycles. The fourth-order valence-corrected chi connectivity index (χ4v) is 4.39. The Hall–Kier alpha value is -0.120. The molecule has 2 atom stereocenters. The monoisotopic (exact) mass is 280 g/mol. The molecule has 3 aliphatic carbocycles. The van der Waals surface area contributed by atoms with Gasteiger partial charge in [-0.1, -0.05) is 25.7 Å². The third-order valence-electron chi connectivity index (χ3n) is 5.95. The average Bonchev–Trinajstić information content (AvgIpc) is 3.22. The summed E-state index contributed by atoms with van der Waals surface area (Å²) >= 11 is 0. The van der Waals surface area contributed by atoms with Crippen LogP contribution in [-0.2, 0) is 0 Å². The van der Waals surface area contributed by atoms with Crippen LogP contribution in [0.5, 0.6) is 0 Å².